The van der Waals surface area contributed by atoms with Crippen LogP contribution in [0.5, 0.6) is 0 Å². The molecule has 5 rings (SSSR count). The molecule has 2 N–H and O–H groups in total. The van der Waals surface area contributed by atoms with Crippen molar-refractivity contribution in [3.8, 4) is 0 Å². The van der Waals surface area contributed by atoms with Crippen LogP contribution in [0.15, 0.2) is 47.8 Å². The lowest BCUT2D eigenvalue weighted by Crippen LogP contribution is -2.44. The molecule has 5 heteroatoms. The highest BCUT2D eigenvalue weighted by Crippen LogP contribution is 2.32. The Hall–Kier alpha value is -2.40. The van der Waals surface area contributed by atoms with Gasteiger partial charge in [0, 0.05) is 36.9 Å². The van der Waals surface area contributed by atoms with Gasteiger partial charge in [-0.1, -0.05) is 24.3 Å². The molecule has 0 saturated carbocycles. The van der Waals surface area contributed by atoms with Crippen LogP contribution in [0.3, 0.4) is 0 Å². The third-order valence-corrected chi connectivity index (χ3v) is 6.47. The van der Waals surface area contributed by atoms with Gasteiger partial charge in [0.15, 0.2) is 11.6 Å². The van der Waals surface area contributed by atoms with Crippen LogP contribution >= 0.6 is 0 Å². The first-order valence-corrected chi connectivity index (χ1v) is 10.1. The summed E-state index contributed by atoms with van der Waals surface area (Å²) in [5.41, 5.74) is 7.08. The first kappa shape index (κ1) is 17.7. The van der Waals surface area contributed by atoms with Gasteiger partial charge in [0.2, 0.25) is 0 Å². The molecule has 28 heavy (non-hydrogen) atoms. The molecule has 0 radical (unpaired) electrons. The minimum absolute atomic E-state index is 0.135. The van der Waals surface area contributed by atoms with E-state index in [1.54, 1.807) is 0 Å². The van der Waals surface area contributed by atoms with Crippen molar-refractivity contribution < 1.29 is 8.78 Å². The largest absolute Gasteiger partial charge is 0.364 e. The predicted molar refractivity (Wildman–Crippen MR) is 106 cm³/mol. The van der Waals surface area contributed by atoms with Gasteiger partial charge in [-0.25, -0.2) is 8.78 Å². The molecular formula is C23H25F2N3. The topological polar surface area (TPSA) is 27.3 Å². The molecule has 2 heterocycles. The fourth-order valence-electron chi connectivity index (χ4n) is 4.88. The molecule has 0 spiro atoms. The molecule has 2 aromatic rings. The number of nitrogens with one attached hydrogen (secondary N) is 2. The summed E-state index contributed by atoms with van der Waals surface area (Å²) in [7, 11) is 0. The van der Waals surface area contributed by atoms with Gasteiger partial charge < -0.3 is 10.6 Å². The van der Waals surface area contributed by atoms with Crippen molar-refractivity contribution >= 4 is 0 Å². The number of nitrogens with zero attached hydrogens (tertiary/aromatic N) is 1. The van der Waals surface area contributed by atoms with E-state index < -0.39 is 11.6 Å². The van der Waals surface area contributed by atoms with Gasteiger partial charge in [-0.2, -0.15) is 0 Å². The van der Waals surface area contributed by atoms with E-state index in [1.807, 2.05) is 0 Å². The van der Waals surface area contributed by atoms with Gasteiger partial charge in [0.1, 0.15) is 6.17 Å². The quantitative estimate of drug-likeness (QED) is 0.825. The number of hydrogen-bond donors (Lipinski definition) is 2. The second-order valence-electron chi connectivity index (χ2n) is 8.19. The second kappa shape index (κ2) is 6.89. The van der Waals surface area contributed by atoms with Crippen LogP contribution in [-0.2, 0) is 12.8 Å². The monoisotopic (exact) mass is 381 g/mol. The Morgan fingerprint density at radius 2 is 1.71 bits per heavy atom. The van der Waals surface area contributed by atoms with Crippen molar-refractivity contribution in [3.05, 3.63) is 81.7 Å². The summed E-state index contributed by atoms with van der Waals surface area (Å²) in [5.74, 6) is -1.46. The van der Waals surface area contributed by atoms with E-state index in [1.165, 1.54) is 34.7 Å². The lowest BCUT2D eigenvalue weighted by atomic mass is 9.86. The van der Waals surface area contributed by atoms with Crippen molar-refractivity contribution in [2.75, 3.05) is 13.1 Å². The average Bonchev–Trinajstić information content (AvgIpc) is 3.12. The number of halogens is 2. The average molecular weight is 381 g/mol. The zero-order valence-electron chi connectivity index (χ0n) is 16.1. The van der Waals surface area contributed by atoms with E-state index in [4.69, 9.17) is 0 Å². The number of hydrogen-bond acceptors (Lipinski definition) is 3. The molecule has 3 aliphatic rings. The van der Waals surface area contributed by atoms with Gasteiger partial charge in [0.05, 0.1) is 0 Å². The van der Waals surface area contributed by atoms with Crippen molar-refractivity contribution in [3.63, 3.8) is 0 Å². The second-order valence-corrected chi connectivity index (χ2v) is 8.19. The Morgan fingerprint density at radius 1 is 0.964 bits per heavy atom. The molecule has 2 aliphatic heterocycles. The molecule has 0 amide bonds. The molecule has 146 valence electrons. The van der Waals surface area contributed by atoms with Crippen LogP contribution in [0.1, 0.15) is 41.3 Å². The highest BCUT2D eigenvalue weighted by Gasteiger charge is 2.33. The predicted octanol–water partition coefficient (Wildman–Crippen LogP) is 3.94. The van der Waals surface area contributed by atoms with Crippen molar-refractivity contribution in [2.45, 2.75) is 44.8 Å². The fourth-order valence-corrected chi connectivity index (χ4v) is 4.88. The van der Waals surface area contributed by atoms with Crippen LogP contribution in [-0.4, -0.2) is 24.0 Å². The zero-order chi connectivity index (χ0) is 19.3. The molecule has 2 aromatic carbocycles. The van der Waals surface area contributed by atoms with E-state index in [0.29, 0.717) is 6.04 Å². The molecular weight excluding hydrogens is 356 g/mol. The maximum Gasteiger partial charge on any atom is 0.159 e. The molecule has 1 aliphatic carbocycles. The van der Waals surface area contributed by atoms with Crippen LogP contribution in [0.4, 0.5) is 8.78 Å². The van der Waals surface area contributed by atoms with Gasteiger partial charge in [-0.3, -0.25) is 4.90 Å². The van der Waals surface area contributed by atoms with Gasteiger partial charge >= 0.3 is 0 Å². The Morgan fingerprint density at radius 3 is 2.54 bits per heavy atom. The number of benzene rings is 2. The standard InChI is InChI=1S/C23H25F2N3/c1-14-4-2-3-5-18(14)23-26-21-8-9-28(13-22(21)27-23)17-7-6-15-11-19(24)20(25)12-16(15)10-17/h2-5,11-12,17,23,26-27H,6-10,13H2,1H3. The summed E-state index contributed by atoms with van der Waals surface area (Å²) in [4.78, 5) is 2.50. The van der Waals surface area contributed by atoms with E-state index in [0.717, 1.165) is 49.9 Å². The summed E-state index contributed by atoms with van der Waals surface area (Å²) in [6.07, 6.45) is 3.73. The Bertz CT molecular complexity index is 953. The summed E-state index contributed by atoms with van der Waals surface area (Å²) < 4.78 is 27.2. The molecule has 0 bridgehead atoms. The van der Waals surface area contributed by atoms with Crippen LogP contribution in [0.2, 0.25) is 0 Å². The Kier molecular flexibility index (Phi) is 4.35. The zero-order valence-corrected chi connectivity index (χ0v) is 16.1. The highest BCUT2D eigenvalue weighted by atomic mass is 19.2. The van der Waals surface area contributed by atoms with Gasteiger partial charge in [0.25, 0.3) is 0 Å². The van der Waals surface area contributed by atoms with Gasteiger partial charge in [-0.15, -0.1) is 0 Å². The minimum Gasteiger partial charge on any atom is -0.364 e. The molecule has 0 fully saturated rings. The maximum absolute atomic E-state index is 13.7. The van der Waals surface area contributed by atoms with Crippen LogP contribution in [0.25, 0.3) is 0 Å². The first-order chi connectivity index (χ1) is 13.6. The lowest BCUT2D eigenvalue weighted by molar-refractivity contribution is 0.185. The summed E-state index contributed by atoms with van der Waals surface area (Å²) in [6, 6.07) is 11.6. The fraction of sp³-hybridized carbons (Fsp3) is 0.391. The van der Waals surface area contributed by atoms with E-state index >= 15 is 0 Å². The number of fused-ring (bicyclic) bond motifs is 1. The Balaban J connectivity index is 1.29. The van der Waals surface area contributed by atoms with Crippen LogP contribution in [0, 0.1) is 18.6 Å². The van der Waals surface area contributed by atoms with Gasteiger partial charge in [-0.05, 0) is 60.6 Å². The normalized spacial score (nSPS) is 24.4. The smallest absolute Gasteiger partial charge is 0.159 e. The molecule has 2 unspecified atom stereocenters. The number of rotatable bonds is 2. The third-order valence-electron chi connectivity index (χ3n) is 6.47. The third kappa shape index (κ3) is 3.08. The van der Waals surface area contributed by atoms with E-state index in [2.05, 4.69) is 46.7 Å². The van der Waals surface area contributed by atoms with Crippen LogP contribution < -0.4 is 10.6 Å². The summed E-state index contributed by atoms with van der Waals surface area (Å²) >= 11 is 0. The maximum atomic E-state index is 13.7. The summed E-state index contributed by atoms with van der Waals surface area (Å²) in [5, 5.41) is 7.33. The lowest BCUT2D eigenvalue weighted by Gasteiger charge is -2.37. The SMILES string of the molecule is Cc1ccccc1C1NC2=C(CN(C3CCc4cc(F)c(F)cc4C3)CC2)N1. The molecule has 2 atom stereocenters. The minimum atomic E-state index is -0.731. The van der Waals surface area contributed by atoms with Crippen molar-refractivity contribution in [1.29, 1.82) is 0 Å². The Labute approximate surface area is 164 Å². The van der Waals surface area contributed by atoms with E-state index in [-0.39, 0.29) is 6.17 Å². The highest BCUT2D eigenvalue weighted by molar-refractivity contribution is 5.35. The molecule has 3 nitrogen and oxygen atoms in total. The van der Waals surface area contributed by atoms with Crippen molar-refractivity contribution in [1.82, 2.24) is 15.5 Å². The van der Waals surface area contributed by atoms with Crippen molar-refractivity contribution in [2.24, 2.45) is 0 Å². The summed E-state index contributed by atoms with van der Waals surface area (Å²) in [6.45, 7) is 4.02. The first-order valence-electron chi connectivity index (χ1n) is 10.1. The van der Waals surface area contributed by atoms with E-state index in [9.17, 15) is 8.78 Å². The number of aryl methyl sites for hydroxylation is 2. The molecule has 0 saturated heterocycles. The molecule has 0 aromatic heterocycles.